The predicted octanol–water partition coefficient (Wildman–Crippen LogP) is 4.77. The van der Waals surface area contributed by atoms with Gasteiger partial charge in [-0.3, -0.25) is 0 Å². The first-order chi connectivity index (χ1) is 8.00. The van der Waals surface area contributed by atoms with Crippen LogP contribution in [-0.2, 0) is 0 Å². The van der Waals surface area contributed by atoms with Crippen molar-refractivity contribution in [3.63, 3.8) is 0 Å². The van der Waals surface area contributed by atoms with Crippen molar-refractivity contribution in [1.29, 1.82) is 0 Å². The van der Waals surface area contributed by atoms with Crippen LogP contribution in [0.4, 0.5) is 4.39 Å². The lowest BCUT2D eigenvalue weighted by Crippen LogP contribution is -2.14. The molecule has 1 atom stereocenters. The molecule has 90 valence electrons. The van der Waals surface area contributed by atoms with Gasteiger partial charge in [0, 0.05) is 10.4 Å². The van der Waals surface area contributed by atoms with Crippen molar-refractivity contribution in [3.05, 3.63) is 54.3 Å². The van der Waals surface area contributed by atoms with Crippen LogP contribution in [0.3, 0.4) is 0 Å². The second kappa shape index (κ2) is 5.18. The Bertz CT molecular complexity index is 553. The van der Waals surface area contributed by atoms with Crippen molar-refractivity contribution >= 4 is 43.2 Å². The highest BCUT2D eigenvalue weighted by molar-refractivity contribution is 9.11. The number of aryl methyl sites for hydroxylation is 1. The average Bonchev–Trinajstić information content (AvgIpc) is 2.61. The highest BCUT2D eigenvalue weighted by atomic mass is 79.9. The fourth-order valence-electron chi connectivity index (χ4n) is 1.70. The molecule has 0 saturated carbocycles. The molecule has 1 aromatic heterocycles. The molecule has 2 N–H and O–H groups in total. The standard InChI is InChI=1S/C12H10Br2FNS/c1-6-8(5-10(14)17-6)12(16)7-3-2-4-9(13)11(7)15/h2-5,12H,16H2,1H3. The summed E-state index contributed by atoms with van der Waals surface area (Å²) in [5.74, 6) is -0.290. The monoisotopic (exact) mass is 377 g/mol. The highest BCUT2D eigenvalue weighted by Crippen LogP contribution is 2.34. The first-order valence-electron chi connectivity index (χ1n) is 4.96. The minimum atomic E-state index is -0.435. The topological polar surface area (TPSA) is 26.0 Å². The molecule has 17 heavy (non-hydrogen) atoms. The Balaban J connectivity index is 2.47. The summed E-state index contributed by atoms with van der Waals surface area (Å²) in [5.41, 5.74) is 7.59. The third kappa shape index (κ3) is 2.62. The molecule has 5 heteroatoms. The third-order valence-corrected chi connectivity index (χ3v) is 4.76. The molecular weight excluding hydrogens is 369 g/mol. The summed E-state index contributed by atoms with van der Waals surface area (Å²) in [6.45, 7) is 1.99. The zero-order valence-corrected chi connectivity index (χ0v) is 13.0. The fourth-order valence-corrected chi connectivity index (χ4v) is 3.83. The Morgan fingerprint density at radius 2 is 2.00 bits per heavy atom. The van der Waals surface area contributed by atoms with Crippen molar-refractivity contribution in [3.8, 4) is 0 Å². The predicted molar refractivity (Wildman–Crippen MR) is 76.9 cm³/mol. The largest absolute Gasteiger partial charge is 0.320 e. The van der Waals surface area contributed by atoms with Gasteiger partial charge in [0.1, 0.15) is 5.82 Å². The zero-order valence-electron chi connectivity index (χ0n) is 9.01. The van der Waals surface area contributed by atoms with Gasteiger partial charge in [0.25, 0.3) is 0 Å². The van der Waals surface area contributed by atoms with E-state index in [1.54, 1.807) is 29.5 Å². The van der Waals surface area contributed by atoms with Crippen molar-refractivity contribution in [2.45, 2.75) is 13.0 Å². The number of thiophene rings is 1. The highest BCUT2D eigenvalue weighted by Gasteiger charge is 2.18. The molecule has 0 saturated heterocycles. The van der Waals surface area contributed by atoms with Gasteiger partial charge in [0.15, 0.2) is 0 Å². The van der Waals surface area contributed by atoms with Crippen LogP contribution in [0.1, 0.15) is 22.0 Å². The fraction of sp³-hybridized carbons (Fsp3) is 0.167. The first kappa shape index (κ1) is 13.2. The molecule has 0 fully saturated rings. The van der Waals surface area contributed by atoms with Crippen LogP contribution in [0.5, 0.6) is 0 Å². The maximum absolute atomic E-state index is 13.9. The molecule has 0 aliphatic carbocycles. The second-order valence-corrected chi connectivity index (χ2v) is 7.17. The molecule has 1 nitrogen and oxygen atoms in total. The summed E-state index contributed by atoms with van der Waals surface area (Å²) in [6.07, 6.45) is 0. The summed E-state index contributed by atoms with van der Waals surface area (Å²) in [7, 11) is 0. The summed E-state index contributed by atoms with van der Waals surface area (Å²) in [5, 5.41) is 0. The van der Waals surface area contributed by atoms with Crippen molar-refractivity contribution < 1.29 is 4.39 Å². The van der Waals surface area contributed by atoms with E-state index >= 15 is 0 Å². The van der Waals surface area contributed by atoms with E-state index < -0.39 is 6.04 Å². The summed E-state index contributed by atoms with van der Waals surface area (Å²) in [4.78, 5) is 1.10. The van der Waals surface area contributed by atoms with Crippen LogP contribution in [0.15, 0.2) is 32.5 Å². The van der Waals surface area contributed by atoms with Crippen LogP contribution in [0, 0.1) is 12.7 Å². The lowest BCUT2D eigenvalue weighted by atomic mass is 10.00. The molecule has 0 radical (unpaired) electrons. The van der Waals surface area contributed by atoms with Gasteiger partial charge in [-0.25, -0.2) is 4.39 Å². The summed E-state index contributed by atoms with van der Waals surface area (Å²) in [6, 6.07) is 6.69. The summed E-state index contributed by atoms with van der Waals surface area (Å²) < 4.78 is 15.4. The number of rotatable bonds is 2. The van der Waals surface area contributed by atoms with E-state index in [4.69, 9.17) is 5.73 Å². The maximum atomic E-state index is 13.9. The van der Waals surface area contributed by atoms with Gasteiger partial charge in [0.2, 0.25) is 0 Å². The molecule has 1 aromatic carbocycles. The van der Waals surface area contributed by atoms with E-state index in [9.17, 15) is 4.39 Å². The van der Waals surface area contributed by atoms with Gasteiger partial charge in [-0.15, -0.1) is 11.3 Å². The molecule has 0 amide bonds. The summed E-state index contributed by atoms with van der Waals surface area (Å²) >= 11 is 8.19. The van der Waals surface area contributed by atoms with E-state index in [2.05, 4.69) is 31.9 Å². The van der Waals surface area contributed by atoms with Crippen molar-refractivity contribution in [2.24, 2.45) is 5.73 Å². The number of halogens is 3. The number of hydrogen-bond acceptors (Lipinski definition) is 2. The minimum Gasteiger partial charge on any atom is -0.320 e. The molecule has 2 aromatic rings. The van der Waals surface area contributed by atoms with Crippen LogP contribution in [-0.4, -0.2) is 0 Å². The van der Waals surface area contributed by atoms with Crippen LogP contribution < -0.4 is 5.73 Å². The van der Waals surface area contributed by atoms with Gasteiger partial charge in [0.05, 0.1) is 14.3 Å². The Labute approximate surface area is 120 Å². The Hall–Kier alpha value is -0.230. The number of hydrogen-bond donors (Lipinski definition) is 1. The number of nitrogens with two attached hydrogens (primary N) is 1. The maximum Gasteiger partial charge on any atom is 0.142 e. The smallest absolute Gasteiger partial charge is 0.142 e. The molecule has 0 spiro atoms. The lowest BCUT2D eigenvalue weighted by Gasteiger charge is -2.13. The SMILES string of the molecule is Cc1sc(Br)cc1C(N)c1cccc(Br)c1F. The normalized spacial score (nSPS) is 12.8. The molecule has 1 heterocycles. The van der Waals surface area contributed by atoms with Crippen LogP contribution in [0.2, 0.25) is 0 Å². The third-order valence-electron chi connectivity index (χ3n) is 2.58. The van der Waals surface area contributed by atoms with E-state index in [1.165, 1.54) is 0 Å². The van der Waals surface area contributed by atoms with Gasteiger partial charge >= 0.3 is 0 Å². The van der Waals surface area contributed by atoms with Gasteiger partial charge < -0.3 is 5.73 Å². The van der Waals surface area contributed by atoms with E-state index in [-0.39, 0.29) is 5.82 Å². The number of benzene rings is 1. The molecule has 1 unspecified atom stereocenters. The van der Waals surface area contributed by atoms with Gasteiger partial charge in [-0.05, 0) is 56.5 Å². The average molecular weight is 379 g/mol. The molecule has 2 rings (SSSR count). The van der Waals surface area contributed by atoms with Gasteiger partial charge in [-0.1, -0.05) is 12.1 Å². The zero-order chi connectivity index (χ0) is 12.6. The quantitative estimate of drug-likeness (QED) is 0.800. The lowest BCUT2D eigenvalue weighted by molar-refractivity contribution is 0.593. The van der Waals surface area contributed by atoms with Gasteiger partial charge in [-0.2, -0.15) is 0 Å². The molecule has 0 aliphatic heterocycles. The van der Waals surface area contributed by atoms with E-state index in [0.29, 0.717) is 10.0 Å². The Morgan fingerprint density at radius 1 is 1.29 bits per heavy atom. The van der Waals surface area contributed by atoms with Crippen molar-refractivity contribution in [2.75, 3.05) is 0 Å². The Kier molecular flexibility index (Phi) is 4.02. The molecule has 0 bridgehead atoms. The first-order valence-corrected chi connectivity index (χ1v) is 7.36. The van der Waals surface area contributed by atoms with Crippen molar-refractivity contribution in [1.82, 2.24) is 0 Å². The second-order valence-electron chi connectivity index (χ2n) is 3.68. The molecular formula is C12H10Br2FNS. The van der Waals surface area contributed by atoms with Crippen LogP contribution in [0.25, 0.3) is 0 Å². The van der Waals surface area contributed by atoms with E-state index in [1.807, 2.05) is 13.0 Å². The van der Waals surface area contributed by atoms with Crippen LogP contribution >= 0.6 is 43.2 Å². The molecule has 0 aliphatic rings. The Morgan fingerprint density at radius 3 is 2.59 bits per heavy atom. The minimum absolute atomic E-state index is 0.290. The van der Waals surface area contributed by atoms with E-state index in [0.717, 1.165) is 14.2 Å².